The van der Waals surface area contributed by atoms with E-state index in [1.807, 2.05) is 19.1 Å². The predicted octanol–water partition coefficient (Wildman–Crippen LogP) is 2.15. The molecule has 2 atom stereocenters. The molecule has 122 valence electrons. The lowest BCUT2D eigenvalue weighted by Gasteiger charge is -2.43. The number of fused-ring (bicyclic) bond motifs is 2. The van der Waals surface area contributed by atoms with Gasteiger partial charge in [0.2, 0.25) is 0 Å². The average Bonchev–Trinajstić information content (AvgIpc) is 2.56. The smallest absolute Gasteiger partial charge is 0.258 e. The van der Waals surface area contributed by atoms with Gasteiger partial charge in [-0.25, -0.2) is 4.98 Å². The molecule has 4 rings (SSSR count). The van der Waals surface area contributed by atoms with Crippen LogP contribution in [-0.4, -0.2) is 39.6 Å². The van der Waals surface area contributed by atoms with Gasteiger partial charge in [0, 0.05) is 31.4 Å². The highest BCUT2D eigenvalue weighted by atomic mass is 16.5. The molecule has 5 nitrogen and oxygen atoms in total. The molecule has 5 heteroatoms. The first-order chi connectivity index (χ1) is 11.2. The van der Waals surface area contributed by atoms with Gasteiger partial charge in [0.05, 0.1) is 18.4 Å². The fraction of sp³-hybridized carbons (Fsp3) is 0.556. The van der Waals surface area contributed by atoms with E-state index < -0.39 is 0 Å². The fourth-order valence-corrected chi connectivity index (χ4v) is 3.97. The van der Waals surface area contributed by atoms with Crippen molar-refractivity contribution < 1.29 is 4.74 Å². The second-order valence-electron chi connectivity index (χ2n) is 6.70. The molecule has 3 heterocycles. The lowest BCUT2D eigenvalue weighted by Crippen LogP contribution is -2.52. The van der Waals surface area contributed by atoms with Crippen LogP contribution < -0.4 is 5.56 Å². The van der Waals surface area contributed by atoms with E-state index in [0.717, 1.165) is 43.0 Å². The van der Waals surface area contributed by atoms with Gasteiger partial charge in [-0.2, -0.15) is 0 Å². The summed E-state index contributed by atoms with van der Waals surface area (Å²) >= 11 is 0. The second kappa shape index (κ2) is 6.06. The molecule has 1 saturated heterocycles. The Balaban J connectivity index is 1.64. The maximum absolute atomic E-state index is 12.4. The minimum absolute atomic E-state index is 0.00199. The number of ether oxygens (including phenoxy) is 1. The van der Waals surface area contributed by atoms with Crippen LogP contribution in [0.4, 0.5) is 0 Å². The molecule has 1 aliphatic heterocycles. The van der Waals surface area contributed by atoms with Crippen molar-refractivity contribution in [1.29, 1.82) is 0 Å². The Kier molecular flexibility index (Phi) is 3.91. The van der Waals surface area contributed by atoms with Gasteiger partial charge in [-0.1, -0.05) is 18.9 Å². The van der Waals surface area contributed by atoms with Gasteiger partial charge in [-0.05, 0) is 31.4 Å². The lowest BCUT2D eigenvalue weighted by molar-refractivity contribution is -0.0914. The number of nitrogens with zero attached hydrogens (tertiary/aromatic N) is 3. The zero-order valence-corrected chi connectivity index (χ0v) is 13.6. The molecular weight excluding hydrogens is 290 g/mol. The topological polar surface area (TPSA) is 46.8 Å². The quantitative estimate of drug-likeness (QED) is 0.852. The van der Waals surface area contributed by atoms with Crippen molar-refractivity contribution >= 4 is 5.65 Å². The Morgan fingerprint density at radius 1 is 1.35 bits per heavy atom. The van der Waals surface area contributed by atoms with Crippen molar-refractivity contribution in [2.45, 2.75) is 51.3 Å². The summed E-state index contributed by atoms with van der Waals surface area (Å²) < 4.78 is 7.56. The Morgan fingerprint density at radius 3 is 3.13 bits per heavy atom. The molecule has 0 spiro atoms. The van der Waals surface area contributed by atoms with Gasteiger partial charge in [0.1, 0.15) is 5.65 Å². The molecule has 0 N–H and O–H groups in total. The van der Waals surface area contributed by atoms with E-state index in [9.17, 15) is 4.79 Å². The molecule has 1 saturated carbocycles. The van der Waals surface area contributed by atoms with E-state index in [4.69, 9.17) is 9.72 Å². The summed E-state index contributed by atoms with van der Waals surface area (Å²) in [6, 6.07) is 6.05. The molecule has 1 aliphatic carbocycles. The Bertz CT molecular complexity index is 768. The minimum Gasteiger partial charge on any atom is -0.375 e. The van der Waals surface area contributed by atoms with Crippen molar-refractivity contribution in [1.82, 2.24) is 14.3 Å². The highest BCUT2D eigenvalue weighted by Gasteiger charge is 2.34. The molecular formula is C18H23N3O2. The third-order valence-corrected chi connectivity index (χ3v) is 5.15. The number of hydrogen-bond acceptors (Lipinski definition) is 4. The molecule has 2 aliphatic rings. The van der Waals surface area contributed by atoms with Crippen molar-refractivity contribution in [2.24, 2.45) is 0 Å². The van der Waals surface area contributed by atoms with Gasteiger partial charge in [0.15, 0.2) is 0 Å². The Morgan fingerprint density at radius 2 is 2.22 bits per heavy atom. The first-order valence-corrected chi connectivity index (χ1v) is 8.56. The molecule has 0 bridgehead atoms. The third kappa shape index (κ3) is 2.79. The fourth-order valence-electron chi connectivity index (χ4n) is 3.97. The zero-order chi connectivity index (χ0) is 15.8. The average molecular weight is 313 g/mol. The number of morpholine rings is 1. The van der Waals surface area contributed by atoms with Crippen LogP contribution in [0.15, 0.2) is 29.2 Å². The van der Waals surface area contributed by atoms with Crippen molar-refractivity contribution in [2.75, 3.05) is 13.2 Å². The van der Waals surface area contributed by atoms with Gasteiger partial charge >= 0.3 is 0 Å². The van der Waals surface area contributed by atoms with Crippen LogP contribution in [0.5, 0.6) is 0 Å². The summed E-state index contributed by atoms with van der Waals surface area (Å²) in [5.41, 5.74) is 2.67. The molecule has 2 fully saturated rings. The van der Waals surface area contributed by atoms with Gasteiger partial charge in [-0.15, -0.1) is 0 Å². The summed E-state index contributed by atoms with van der Waals surface area (Å²) in [5.74, 6) is 0. The first-order valence-electron chi connectivity index (χ1n) is 8.56. The van der Waals surface area contributed by atoms with Crippen LogP contribution in [0.25, 0.3) is 5.65 Å². The highest BCUT2D eigenvalue weighted by molar-refractivity contribution is 5.46. The minimum atomic E-state index is 0.00199. The maximum atomic E-state index is 12.4. The number of rotatable bonds is 2. The van der Waals surface area contributed by atoms with Crippen molar-refractivity contribution in [3.8, 4) is 0 Å². The standard InChI is InChI=1S/C18H23N3O2/c1-13-5-4-8-21-17(22)11-14(19-18(13)21)12-20-9-10-23-16-7-3-2-6-15(16)20/h4-5,8,11,15-16H,2-3,6-7,9-10,12H2,1H3/t15-,16-/m1/s1. The number of pyridine rings is 1. The number of hydrogen-bond donors (Lipinski definition) is 0. The summed E-state index contributed by atoms with van der Waals surface area (Å²) in [5, 5.41) is 0. The summed E-state index contributed by atoms with van der Waals surface area (Å²) in [4.78, 5) is 19.6. The summed E-state index contributed by atoms with van der Waals surface area (Å²) in [6.45, 7) is 4.45. The van der Waals surface area contributed by atoms with Crippen LogP contribution in [-0.2, 0) is 11.3 Å². The monoisotopic (exact) mass is 313 g/mol. The van der Waals surface area contributed by atoms with E-state index in [2.05, 4.69) is 4.90 Å². The van der Waals surface area contributed by atoms with E-state index >= 15 is 0 Å². The normalized spacial score (nSPS) is 25.4. The Hall–Kier alpha value is -1.72. The lowest BCUT2D eigenvalue weighted by atomic mass is 9.90. The SMILES string of the molecule is Cc1cccn2c(=O)cc(CN3CCO[C@@H]4CCCC[C@H]43)nc12. The van der Waals surface area contributed by atoms with Crippen LogP contribution in [0.3, 0.4) is 0 Å². The van der Waals surface area contributed by atoms with Crippen LogP contribution >= 0.6 is 0 Å². The van der Waals surface area contributed by atoms with E-state index in [0.29, 0.717) is 12.1 Å². The van der Waals surface area contributed by atoms with Crippen LogP contribution in [0.2, 0.25) is 0 Å². The summed E-state index contributed by atoms with van der Waals surface area (Å²) in [6.07, 6.45) is 7.04. The largest absolute Gasteiger partial charge is 0.375 e. The molecule has 2 aromatic heterocycles. The molecule has 2 aromatic rings. The van der Waals surface area contributed by atoms with Crippen LogP contribution in [0, 0.1) is 6.92 Å². The predicted molar refractivity (Wildman–Crippen MR) is 88.6 cm³/mol. The Labute approximate surface area is 135 Å². The number of aromatic nitrogens is 2. The molecule has 0 aromatic carbocycles. The van der Waals surface area contributed by atoms with Crippen molar-refractivity contribution in [3.05, 3.63) is 46.0 Å². The molecule has 0 amide bonds. The van der Waals surface area contributed by atoms with Crippen molar-refractivity contribution in [3.63, 3.8) is 0 Å². The highest BCUT2D eigenvalue weighted by Crippen LogP contribution is 2.29. The zero-order valence-electron chi connectivity index (χ0n) is 13.6. The third-order valence-electron chi connectivity index (χ3n) is 5.15. The van der Waals surface area contributed by atoms with E-state index in [-0.39, 0.29) is 5.56 Å². The van der Waals surface area contributed by atoms with Gasteiger partial charge < -0.3 is 4.74 Å². The first kappa shape index (κ1) is 14.8. The van der Waals surface area contributed by atoms with Crippen LogP contribution in [0.1, 0.15) is 36.9 Å². The second-order valence-corrected chi connectivity index (χ2v) is 6.70. The molecule has 0 unspecified atom stereocenters. The van der Waals surface area contributed by atoms with Gasteiger partial charge in [-0.3, -0.25) is 14.1 Å². The molecule has 0 radical (unpaired) electrons. The maximum Gasteiger partial charge on any atom is 0.258 e. The van der Waals surface area contributed by atoms with Gasteiger partial charge in [0.25, 0.3) is 5.56 Å². The van der Waals surface area contributed by atoms with E-state index in [1.165, 1.54) is 19.3 Å². The molecule has 23 heavy (non-hydrogen) atoms. The number of aryl methyl sites for hydroxylation is 1. The summed E-state index contributed by atoms with van der Waals surface area (Å²) in [7, 11) is 0. The van der Waals surface area contributed by atoms with E-state index in [1.54, 1.807) is 16.7 Å².